The molecular weight excluding hydrogens is 234 g/mol. The Labute approximate surface area is 113 Å². The van der Waals surface area contributed by atoms with Crippen molar-refractivity contribution < 1.29 is 4.79 Å². The maximum Gasteiger partial charge on any atom is 0.185 e. The molecule has 0 heterocycles. The number of hydrogen-bond donors (Lipinski definition) is 1. The van der Waals surface area contributed by atoms with Gasteiger partial charge in [-0.05, 0) is 48.3 Å². The summed E-state index contributed by atoms with van der Waals surface area (Å²) >= 11 is 0. The third kappa shape index (κ3) is 2.91. The van der Waals surface area contributed by atoms with E-state index in [9.17, 15) is 4.79 Å². The van der Waals surface area contributed by atoms with Crippen molar-refractivity contribution in [1.82, 2.24) is 0 Å². The molecule has 1 aliphatic rings. The molecule has 19 heavy (non-hydrogen) atoms. The summed E-state index contributed by atoms with van der Waals surface area (Å²) in [5, 5.41) is 0. The van der Waals surface area contributed by atoms with Gasteiger partial charge in [-0.25, -0.2) is 0 Å². The number of nitrogens with two attached hydrogens (primary N) is 1. The highest BCUT2D eigenvalue weighted by molar-refractivity contribution is 6.13. The van der Waals surface area contributed by atoms with Crippen molar-refractivity contribution in [2.45, 2.75) is 13.3 Å². The fourth-order valence-electron chi connectivity index (χ4n) is 2.02. The zero-order chi connectivity index (χ0) is 13.8. The summed E-state index contributed by atoms with van der Waals surface area (Å²) in [6.07, 6.45) is 8.20. The number of carbonyl (C=O) groups is 1. The van der Waals surface area contributed by atoms with E-state index in [4.69, 9.17) is 5.73 Å². The normalized spacial score (nSPS) is 18.2. The first-order valence-corrected chi connectivity index (χ1v) is 6.23. The highest BCUT2D eigenvalue weighted by Gasteiger charge is 2.19. The highest BCUT2D eigenvalue weighted by atomic mass is 16.1. The molecule has 0 radical (unpaired) electrons. The second-order valence-corrected chi connectivity index (χ2v) is 4.53. The van der Waals surface area contributed by atoms with Gasteiger partial charge < -0.3 is 5.73 Å². The molecule has 0 bridgehead atoms. The Morgan fingerprint density at radius 1 is 1.26 bits per heavy atom. The molecule has 0 atom stereocenters. The van der Waals surface area contributed by atoms with Crippen LogP contribution in [0.3, 0.4) is 0 Å². The van der Waals surface area contributed by atoms with Gasteiger partial charge in [-0.2, -0.15) is 0 Å². The van der Waals surface area contributed by atoms with Crippen LogP contribution in [0.2, 0.25) is 0 Å². The molecule has 0 saturated carbocycles. The van der Waals surface area contributed by atoms with Crippen molar-refractivity contribution in [3.8, 4) is 0 Å². The summed E-state index contributed by atoms with van der Waals surface area (Å²) in [6.45, 7) is 5.80. The molecule has 96 valence electrons. The molecule has 0 saturated heterocycles. The first kappa shape index (κ1) is 13.1. The minimum absolute atomic E-state index is 0.0196. The number of rotatable bonds is 2. The van der Waals surface area contributed by atoms with Gasteiger partial charge >= 0.3 is 0 Å². The van der Waals surface area contributed by atoms with E-state index in [1.165, 1.54) is 0 Å². The molecule has 0 aromatic heterocycles. The van der Waals surface area contributed by atoms with Gasteiger partial charge in [0.2, 0.25) is 0 Å². The van der Waals surface area contributed by atoms with Crippen LogP contribution in [0.4, 0.5) is 5.69 Å². The standard InChI is InChI=1S/C17H17NO/c1-3-4-5-14-10-15(11-17(19)12(14)2)13-6-8-16(18)9-7-13/h3-9,11H,2,10,18H2,1H3/b4-3-,14-5-. The van der Waals surface area contributed by atoms with E-state index in [1.54, 1.807) is 6.08 Å². The monoisotopic (exact) mass is 251 g/mol. The quantitative estimate of drug-likeness (QED) is 0.643. The maximum absolute atomic E-state index is 12.0. The van der Waals surface area contributed by atoms with Crippen LogP contribution in [0.15, 0.2) is 66.3 Å². The Balaban J connectivity index is 2.37. The number of ketones is 1. The molecule has 2 rings (SSSR count). The van der Waals surface area contributed by atoms with Crippen molar-refractivity contribution in [3.05, 3.63) is 71.9 Å². The molecule has 1 aromatic rings. The lowest BCUT2D eigenvalue weighted by Gasteiger charge is -2.17. The van der Waals surface area contributed by atoms with Crippen LogP contribution in [-0.2, 0) is 4.79 Å². The van der Waals surface area contributed by atoms with Crippen LogP contribution in [0, 0.1) is 0 Å². The van der Waals surface area contributed by atoms with Gasteiger partial charge in [-0.1, -0.05) is 36.9 Å². The summed E-state index contributed by atoms with van der Waals surface area (Å²) < 4.78 is 0. The minimum atomic E-state index is -0.0196. The smallest absolute Gasteiger partial charge is 0.185 e. The van der Waals surface area contributed by atoms with E-state index in [2.05, 4.69) is 6.58 Å². The second kappa shape index (κ2) is 5.53. The zero-order valence-corrected chi connectivity index (χ0v) is 11.0. The number of hydrogen-bond acceptors (Lipinski definition) is 2. The Kier molecular flexibility index (Phi) is 3.81. The lowest BCUT2D eigenvalue weighted by atomic mass is 9.86. The summed E-state index contributed by atoms with van der Waals surface area (Å²) in [6, 6.07) is 7.57. The van der Waals surface area contributed by atoms with Gasteiger partial charge in [0, 0.05) is 11.3 Å². The number of carbonyl (C=O) groups excluding carboxylic acids is 1. The molecule has 2 heteroatoms. The van der Waals surface area contributed by atoms with Gasteiger partial charge in [0.05, 0.1) is 0 Å². The Hall–Kier alpha value is -2.35. The predicted molar refractivity (Wildman–Crippen MR) is 80.5 cm³/mol. The molecule has 0 fully saturated rings. The molecule has 0 aliphatic heterocycles. The van der Waals surface area contributed by atoms with Crippen molar-refractivity contribution in [2.24, 2.45) is 0 Å². The molecule has 2 nitrogen and oxygen atoms in total. The summed E-state index contributed by atoms with van der Waals surface area (Å²) in [5.41, 5.74) is 9.99. The topological polar surface area (TPSA) is 43.1 Å². The first-order chi connectivity index (χ1) is 9.11. The molecule has 1 aliphatic carbocycles. The molecule has 0 amide bonds. The SMILES string of the molecule is C=C1C(=O)C=C(c2ccc(N)cc2)C/C1=C/C=C\C. The van der Waals surface area contributed by atoms with Gasteiger partial charge in [-0.15, -0.1) is 0 Å². The number of benzene rings is 1. The van der Waals surface area contributed by atoms with Crippen LogP contribution in [0.1, 0.15) is 18.9 Å². The third-order valence-corrected chi connectivity index (χ3v) is 3.14. The van der Waals surface area contributed by atoms with E-state index >= 15 is 0 Å². The van der Waals surface area contributed by atoms with Crippen molar-refractivity contribution in [2.75, 3.05) is 5.73 Å². The lowest BCUT2D eigenvalue weighted by molar-refractivity contribution is -0.111. The van der Waals surface area contributed by atoms with E-state index in [-0.39, 0.29) is 5.78 Å². The van der Waals surface area contributed by atoms with Crippen molar-refractivity contribution in [3.63, 3.8) is 0 Å². The van der Waals surface area contributed by atoms with Crippen LogP contribution < -0.4 is 5.73 Å². The van der Waals surface area contributed by atoms with Crippen molar-refractivity contribution >= 4 is 17.0 Å². The largest absolute Gasteiger partial charge is 0.399 e. The predicted octanol–water partition coefficient (Wildman–Crippen LogP) is 3.68. The van der Waals surface area contributed by atoms with Gasteiger partial charge in [0.25, 0.3) is 0 Å². The summed E-state index contributed by atoms with van der Waals surface area (Å²) in [5.74, 6) is -0.0196. The van der Waals surface area contributed by atoms with Gasteiger partial charge in [0.15, 0.2) is 5.78 Å². The van der Waals surface area contributed by atoms with Crippen LogP contribution in [-0.4, -0.2) is 5.78 Å². The van der Waals surface area contributed by atoms with Gasteiger partial charge in [-0.3, -0.25) is 4.79 Å². The molecule has 1 aromatic carbocycles. The third-order valence-electron chi connectivity index (χ3n) is 3.14. The average molecular weight is 251 g/mol. The summed E-state index contributed by atoms with van der Waals surface area (Å²) in [7, 11) is 0. The Morgan fingerprint density at radius 3 is 2.58 bits per heavy atom. The zero-order valence-electron chi connectivity index (χ0n) is 11.0. The number of allylic oxidation sites excluding steroid dienone is 7. The van der Waals surface area contributed by atoms with Crippen molar-refractivity contribution in [1.29, 1.82) is 0 Å². The number of anilines is 1. The molecule has 0 spiro atoms. The second-order valence-electron chi connectivity index (χ2n) is 4.53. The lowest BCUT2D eigenvalue weighted by Crippen LogP contribution is -2.08. The van der Waals surface area contributed by atoms with E-state index in [0.29, 0.717) is 5.57 Å². The Morgan fingerprint density at radius 2 is 1.95 bits per heavy atom. The van der Waals surface area contributed by atoms with Crippen LogP contribution >= 0.6 is 0 Å². The maximum atomic E-state index is 12.0. The molecule has 2 N–H and O–H groups in total. The average Bonchev–Trinajstić information content (AvgIpc) is 2.41. The van der Waals surface area contributed by atoms with Crippen LogP contribution in [0.25, 0.3) is 5.57 Å². The highest BCUT2D eigenvalue weighted by Crippen LogP contribution is 2.31. The molecule has 0 unspecified atom stereocenters. The fourth-order valence-corrected chi connectivity index (χ4v) is 2.02. The fraction of sp³-hybridized carbons (Fsp3) is 0.118. The van der Waals surface area contributed by atoms with Crippen LogP contribution in [0.5, 0.6) is 0 Å². The van der Waals surface area contributed by atoms with Gasteiger partial charge in [0.1, 0.15) is 0 Å². The van der Waals surface area contributed by atoms with E-state index < -0.39 is 0 Å². The van der Waals surface area contributed by atoms with E-state index in [1.807, 2.05) is 49.4 Å². The number of nitrogen functional groups attached to an aromatic ring is 1. The Bertz CT molecular complexity index is 601. The molecular formula is C17H17NO. The summed E-state index contributed by atoms with van der Waals surface area (Å²) in [4.78, 5) is 12.0. The first-order valence-electron chi connectivity index (χ1n) is 6.23. The van der Waals surface area contributed by atoms with E-state index in [0.717, 1.165) is 28.8 Å². The minimum Gasteiger partial charge on any atom is -0.399 e.